The topological polar surface area (TPSA) is 66.8 Å². The van der Waals surface area contributed by atoms with Crippen LogP contribution in [0.5, 0.6) is 11.5 Å². The quantitative estimate of drug-likeness (QED) is 0.360. The minimum Gasteiger partial charge on any atom is -0.493 e. The van der Waals surface area contributed by atoms with E-state index in [1.807, 2.05) is 31.5 Å². The average Bonchev–Trinajstić information content (AvgIpc) is 2.96. The van der Waals surface area contributed by atoms with Gasteiger partial charge in [-0.1, -0.05) is 19.9 Å². The summed E-state index contributed by atoms with van der Waals surface area (Å²) in [4.78, 5) is 24.3. The van der Waals surface area contributed by atoms with Gasteiger partial charge >= 0.3 is 5.97 Å². The standard InChI is InChI=1S/C23H29NO5/c1-15(2)13-28-21-9-7-18(12-22(21)27-6)8-10-23(26)29-14-20(25)19-11-16(3)24(5)17(19)4/h7-12,15H,13-14H2,1-6H3/b10-8+. The summed E-state index contributed by atoms with van der Waals surface area (Å²) in [6.45, 7) is 8.22. The summed E-state index contributed by atoms with van der Waals surface area (Å²) >= 11 is 0. The maximum atomic E-state index is 12.3. The molecule has 0 aliphatic rings. The van der Waals surface area contributed by atoms with E-state index in [2.05, 4.69) is 13.8 Å². The normalized spacial score (nSPS) is 11.1. The molecule has 1 aromatic heterocycles. The molecular weight excluding hydrogens is 370 g/mol. The number of Topliss-reactive ketones (excluding diaryl/α,β-unsaturated/α-hetero) is 1. The fourth-order valence-electron chi connectivity index (χ4n) is 2.73. The highest BCUT2D eigenvalue weighted by Crippen LogP contribution is 2.29. The number of ketones is 1. The lowest BCUT2D eigenvalue weighted by atomic mass is 10.1. The van der Waals surface area contributed by atoms with Crippen molar-refractivity contribution in [1.82, 2.24) is 4.57 Å². The van der Waals surface area contributed by atoms with Crippen molar-refractivity contribution in [2.24, 2.45) is 13.0 Å². The molecule has 6 nitrogen and oxygen atoms in total. The van der Waals surface area contributed by atoms with Crippen molar-refractivity contribution >= 4 is 17.8 Å². The molecule has 0 fully saturated rings. The largest absolute Gasteiger partial charge is 0.493 e. The Balaban J connectivity index is 1.96. The molecule has 0 saturated heterocycles. The van der Waals surface area contributed by atoms with E-state index < -0.39 is 5.97 Å². The van der Waals surface area contributed by atoms with E-state index in [0.29, 0.717) is 29.6 Å². The van der Waals surface area contributed by atoms with Crippen LogP contribution in [-0.4, -0.2) is 36.6 Å². The Morgan fingerprint density at radius 3 is 2.45 bits per heavy atom. The molecule has 0 aliphatic heterocycles. The molecule has 0 amide bonds. The number of methoxy groups -OCH3 is 1. The Morgan fingerprint density at radius 2 is 1.86 bits per heavy atom. The van der Waals surface area contributed by atoms with Crippen molar-refractivity contribution in [3.63, 3.8) is 0 Å². The molecule has 0 spiro atoms. The van der Waals surface area contributed by atoms with Crippen LogP contribution in [0.3, 0.4) is 0 Å². The summed E-state index contributed by atoms with van der Waals surface area (Å²) in [5, 5.41) is 0. The fourth-order valence-corrected chi connectivity index (χ4v) is 2.73. The predicted molar refractivity (Wildman–Crippen MR) is 113 cm³/mol. The number of carbonyl (C=O) groups excluding carboxylic acids is 2. The van der Waals surface area contributed by atoms with Gasteiger partial charge in [0.2, 0.25) is 5.78 Å². The molecule has 1 aromatic carbocycles. The van der Waals surface area contributed by atoms with Crippen LogP contribution in [0.2, 0.25) is 0 Å². The van der Waals surface area contributed by atoms with Gasteiger partial charge in [0.25, 0.3) is 0 Å². The van der Waals surface area contributed by atoms with E-state index in [9.17, 15) is 9.59 Å². The predicted octanol–water partition coefficient (Wildman–Crippen LogP) is 4.12. The van der Waals surface area contributed by atoms with Crippen LogP contribution < -0.4 is 9.47 Å². The average molecular weight is 399 g/mol. The zero-order chi connectivity index (χ0) is 21.6. The highest BCUT2D eigenvalue weighted by molar-refractivity contribution is 6.00. The van der Waals surface area contributed by atoms with E-state index in [4.69, 9.17) is 14.2 Å². The summed E-state index contributed by atoms with van der Waals surface area (Å²) in [5.41, 5.74) is 3.16. The van der Waals surface area contributed by atoms with E-state index in [1.54, 1.807) is 31.4 Å². The lowest BCUT2D eigenvalue weighted by Gasteiger charge is -2.12. The number of aromatic nitrogens is 1. The van der Waals surface area contributed by atoms with Gasteiger partial charge in [-0.2, -0.15) is 0 Å². The van der Waals surface area contributed by atoms with Gasteiger partial charge in [-0.25, -0.2) is 4.79 Å². The molecule has 2 aromatic rings. The summed E-state index contributed by atoms with van der Waals surface area (Å²) < 4.78 is 18.1. The Hall–Kier alpha value is -3.02. The molecule has 0 bridgehead atoms. The molecule has 0 saturated carbocycles. The third-order valence-corrected chi connectivity index (χ3v) is 4.59. The van der Waals surface area contributed by atoms with E-state index in [1.165, 1.54) is 6.08 Å². The summed E-state index contributed by atoms with van der Waals surface area (Å²) in [7, 11) is 3.46. The van der Waals surface area contributed by atoms with Crippen LogP contribution in [0.1, 0.15) is 41.2 Å². The lowest BCUT2D eigenvalue weighted by Crippen LogP contribution is -2.13. The Morgan fingerprint density at radius 1 is 1.14 bits per heavy atom. The zero-order valence-electron chi connectivity index (χ0n) is 17.9. The lowest BCUT2D eigenvalue weighted by molar-refractivity contribution is -0.136. The van der Waals surface area contributed by atoms with Gasteiger partial charge in [-0.05, 0) is 49.6 Å². The molecule has 0 N–H and O–H groups in total. The fraction of sp³-hybridized carbons (Fsp3) is 0.391. The number of nitrogens with zero attached hydrogens (tertiary/aromatic N) is 1. The number of rotatable bonds is 9. The number of ether oxygens (including phenoxy) is 3. The summed E-state index contributed by atoms with van der Waals surface area (Å²) in [6.07, 6.45) is 2.90. The zero-order valence-corrected chi connectivity index (χ0v) is 17.9. The number of hydrogen-bond acceptors (Lipinski definition) is 5. The summed E-state index contributed by atoms with van der Waals surface area (Å²) in [5.74, 6) is 0.843. The van der Waals surface area contributed by atoms with Crippen molar-refractivity contribution in [2.75, 3.05) is 20.3 Å². The molecule has 1 heterocycles. The van der Waals surface area contributed by atoms with Crippen molar-refractivity contribution in [1.29, 1.82) is 0 Å². The van der Waals surface area contributed by atoms with Gasteiger partial charge in [0.1, 0.15) is 0 Å². The Kier molecular flexibility index (Phi) is 7.65. The van der Waals surface area contributed by atoms with Crippen molar-refractivity contribution < 1.29 is 23.8 Å². The van der Waals surface area contributed by atoms with Crippen LogP contribution in [-0.2, 0) is 16.6 Å². The van der Waals surface area contributed by atoms with Gasteiger partial charge in [0.15, 0.2) is 18.1 Å². The Labute approximate surface area is 172 Å². The highest BCUT2D eigenvalue weighted by atomic mass is 16.5. The first kappa shape index (κ1) is 22.3. The van der Waals surface area contributed by atoms with E-state index >= 15 is 0 Å². The molecule has 6 heteroatoms. The first-order valence-corrected chi connectivity index (χ1v) is 9.54. The number of hydrogen-bond donors (Lipinski definition) is 0. The molecule has 29 heavy (non-hydrogen) atoms. The minimum atomic E-state index is -0.581. The molecule has 0 radical (unpaired) electrons. The maximum absolute atomic E-state index is 12.3. The van der Waals surface area contributed by atoms with E-state index in [-0.39, 0.29) is 12.4 Å². The first-order valence-electron chi connectivity index (χ1n) is 9.54. The smallest absolute Gasteiger partial charge is 0.331 e. The van der Waals surface area contributed by atoms with Gasteiger partial charge in [-0.15, -0.1) is 0 Å². The molecule has 2 rings (SSSR count). The van der Waals surface area contributed by atoms with E-state index in [0.717, 1.165) is 17.0 Å². The van der Waals surface area contributed by atoms with Crippen LogP contribution in [0, 0.1) is 19.8 Å². The second-order valence-electron chi connectivity index (χ2n) is 7.32. The Bertz CT molecular complexity index is 908. The molecule has 156 valence electrons. The van der Waals surface area contributed by atoms with Gasteiger partial charge < -0.3 is 18.8 Å². The van der Waals surface area contributed by atoms with Crippen molar-refractivity contribution in [2.45, 2.75) is 27.7 Å². The number of benzene rings is 1. The van der Waals surface area contributed by atoms with Gasteiger partial charge in [0.05, 0.1) is 13.7 Å². The third-order valence-electron chi connectivity index (χ3n) is 4.59. The number of aryl methyl sites for hydroxylation is 1. The van der Waals surface area contributed by atoms with Gasteiger partial charge in [-0.3, -0.25) is 4.79 Å². The SMILES string of the molecule is COc1cc(/C=C/C(=O)OCC(=O)c2cc(C)n(C)c2C)ccc1OCC(C)C. The van der Waals surface area contributed by atoms with Crippen LogP contribution >= 0.6 is 0 Å². The van der Waals surface area contributed by atoms with Crippen molar-refractivity contribution in [3.8, 4) is 11.5 Å². The molecule has 0 atom stereocenters. The first-order chi connectivity index (χ1) is 13.7. The molecular formula is C23H29NO5. The van der Waals surface area contributed by atoms with Crippen LogP contribution in [0.4, 0.5) is 0 Å². The van der Waals surface area contributed by atoms with Crippen LogP contribution in [0.15, 0.2) is 30.3 Å². The third kappa shape index (κ3) is 5.98. The van der Waals surface area contributed by atoms with Crippen LogP contribution in [0.25, 0.3) is 6.08 Å². The molecule has 0 aliphatic carbocycles. The minimum absolute atomic E-state index is 0.221. The monoisotopic (exact) mass is 399 g/mol. The molecule has 0 unspecified atom stereocenters. The number of esters is 1. The number of carbonyl (C=O) groups is 2. The maximum Gasteiger partial charge on any atom is 0.331 e. The second-order valence-corrected chi connectivity index (χ2v) is 7.32. The van der Waals surface area contributed by atoms with Crippen molar-refractivity contribution in [3.05, 3.63) is 52.9 Å². The van der Waals surface area contributed by atoms with Gasteiger partial charge in [0, 0.05) is 30.1 Å². The highest BCUT2D eigenvalue weighted by Gasteiger charge is 2.15. The second kappa shape index (κ2) is 9.96. The summed E-state index contributed by atoms with van der Waals surface area (Å²) in [6, 6.07) is 7.21.